The summed E-state index contributed by atoms with van der Waals surface area (Å²) in [4.78, 5) is 19.2. The predicted molar refractivity (Wildman–Crippen MR) is 76.6 cm³/mol. The molecule has 0 aliphatic heterocycles. The summed E-state index contributed by atoms with van der Waals surface area (Å²) in [6.07, 6.45) is 3.59. The summed E-state index contributed by atoms with van der Waals surface area (Å²) in [6.45, 7) is 0. The van der Waals surface area contributed by atoms with Gasteiger partial charge in [-0.15, -0.1) is 0 Å². The second-order valence-corrected chi connectivity index (χ2v) is 4.71. The number of hydrogen-bond donors (Lipinski definition) is 2. The van der Waals surface area contributed by atoms with Crippen molar-refractivity contribution in [3.8, 4) is 11.5 Å². The van der Waals surface area contributed by atoms with Gasteiger partial charge in [0.15, 0.2) is 5.58 Å². The highest BCUT2D eigenvalue weighted by Gasteiger charge is 2.14. The van der Waals surface area contributed by atoms with Crippen LogP contribution in [0.1, 0.15) is 5.56 Å². The highest BCUT2D eigenvalue weighted by molar-refractivity contribution is 5.78. The molecular formula is C15H13N3O3. The number of carboxylic acid groups (broad SMARTS) is 1. The van der Waals surface area contributed by atoms with Crippen LogP contribution in [0.15, 0.2) is 47.1 Å². The Hall–Kier alpha value is -2.73. The topological polar surface area (TPSA) is 102 Å². The largest absolute Gasteiger partial charge is 0.480 e. The van der Waals surface area contributed by atoms with Gasteiger partial charge in [-0.2, -0.15) is 0 Å². The van der Waals surface area contributed by atoms with E-state index in [2.05, 4.69) is 9.97 Å². The molecule has 0 spiro atoms. The van der Waals surface area contributed by atoms with Gasteiger partial charge in [-0.1, -0.05) is 6.07 Å². The highest BCUT2D eigenvalue weighted by Crippen LogP contribution is 2.24. The number of fused-ring (bicyclic) bond motifs is 1. The van der Waals surface area contributed by atoms with Crippen molar-refractivity contribution < 1.29 is 14.3 Å². The molecule has 21 heavy (non-hydrogen) atoms. The van der Waals surface area contributed by atoms with Crippen molar-refractivity contribution in [2.24, 2.45) is 5.73 Å². The molecular weight excluding hydrogens is 270 g/mol. The SMILES string of the molecule is NC(Cc1ccc2oc(-c3ccncc3)nc2c1)C(=O)O. The fourth-order valence-corrected chi connectivity index (χ4v) is 2.06. The van der Waals surface area contributed by atoms with E-state index in [9.17, 15) is 4.79 Å². The molecule has 0 saturated carbocycles. The number of aromatic nitrogens is 2. The molecule has 0 aliphatic rings. The maximum Gasteiger partial charge on any atom is 0.320 e. The summed E-state index contributed by atoms with van der Waals surface area (Å²) in [5.41, 5.74) is 8.51. The summed E-state index contributed by atoms with van der Waals surface area (Å²) in [5.74, 6) is -0.514. The van der Waals surface area contributed by atoms with Crippen LogP contribution in [0.5, 0.6) is 0 Å². The van der Waals surface area contributed by atoms with Crippen molar-refractivity contribution in [1.29, 1.82) is 0 Å². The van der Waals surface area contributed by atoms with Gasteiger partial charge in [0.05, 0.1) is 0 Å². The zero-order chi connectivity index (χ0) is 14.8. The Morgan fingerprint density at radius 3 is 2.76 bits per heavy atom. The van der Waals surface area contributed by atoms with Crippen LogP contribution in [0.4, 0.5) is 0 Å². The molecule has 3 N–H and O–H groups in total. The van der Waals surface area contributed by atoms with Crippen molar-refractivity contribution in [3.63, 3.8) is 0 Å². The normalized spacial score (nSPS) is 12.4. The van der Waals surface area contributed by atoms with E-state index < -0.39 is 12.0 Å². The molecule has 2 heterocycles. The standard InChI is InChI=1S/C15H13N3O3/c16-11(15(19)20)7-9-1-2-13-12(8-9)18-14(21-13)10-3-5-17-6-4-10/h1-6,8,11H,7,16H2,(H,19,20). The molecule has 6 nitrogen and oxygen atoms in total. The summed E-state index contributed by atoms with van der Waals surface area (Å²) in [6, 6.07) is 8.07. The monoisotopic (exact) mass is 283 g/mol. The maximum atomic E-state index is 10.8. The van der Waals surface area contributed by atoms with Gasteiger partial charge in [-0.3, -0.25) is 9.78 Å². The molecule has 0 amide bonds. The van der Waals surface area contributed by atoms with E-state index in [1.54, 1.807) is 30.6 Å². The van der Waals surface area contributed by atoms with Crippen molar-refractivity contribution in [2.75, 3.05) is 0 Å². The van der Waals surface area contributed by atoms with Gasteiger partial charge in [-0.25, -0.2) is 4.98 Å². The van der Waals surface area contributed by atoms with E-state index >= 15 is 0 Å². The minimum Gasteiger partial charge on any atom is -0.480 e. The van der Waals surface area contributed by atoms with Gasteiger partial charge < -0.3 is 15.3 Å². The third kappa shape index (κ3) is 2.75. The van der Waals surface area contributed by atoms with Crippen LogP contribution in [-0.4, -0.2) is 27.1 Å². The Labute approximate surface area is 120 Å². The average molecular weight is 283 g/mol. The molecule has 106 valence electrons. The van der Waals surface area contributed by atoms with Gasteiger partial charge in [0.2, 0.25) is 5.89 Å². The first kappa shape index (κ1) is 13.3. The Bertz CT molecular complexity index is 783. The number of hydrogen-bond acceptors (Lipinski definition) is 5. The number of carbonyl (C=O) groups is 1. The van der Waals surface area contributed by atoms with E-state index in [1.165, 1.54) is 0 Å². The number of rotatable bonds is 4. The third-order valence-corrected chi connectivity index (χ3v) is 3.15. The fourth-order valence-electron chi connectivity index (χ4n) is 2.06. The summed E-state index contributed by atoms with van der Waals surface area (Å²) in [7, 11) is 0. The zero-order valence-corrected chi connectivity index (χ0v) is 11.1. The van der Waals surface area contributed by atoms with Crippen LogP contribution in [0, 0.1) is 0 Å². The average Bonchev–Trinajstić information content (AvgIpc) is 2.91. The molecule has 2 aromatic heterocycles. The molecule has 0 aliphatic carbocycles. The highest BCUT2D eigenvalue weighted by atomic mass is 16.4. The Morgan fingerprint density at radius 1 is 1.29 bits per heavy atom. The van der Waals surface area contributed by atoms with Gasteiger partial charge in [0.1, 0.15) is 11.6 Å². The number of nitrogens with zero attached hydrogens (tertiary/aromatic N) is 2. The zero-order valence-electron chi connectivity index (χ0n) is 11.1. The molecule has 1 unspecified atom stereocenters. The number of benzene rings is 1. The lowest BCUT2D eigenvalue weighted by atomic mass is 10.1. The van der Waals surface area contributed by atoms with E-state index in [4.69, 9.17) is 15.3 Å². The molecule has 6 heteroatoms. The first-order valence-corrected chi connectivity index (χ1v) is 6.42. The molecule has 1 aromatic carbocycles. The van der Waals surface area contributed by atoms with E-state index in [0.717, 1.165) is 11.1 Å². The molecule has 0 bridgehead atoms. The van der Waals surface area contributed by atoms with Gasteiger partial charge in [-0.05, 0) is 36.2 Å². The summed E-state index contributed by atoms with van der Waals surface area (Å²) < 4.78 is 5.68. The van der Waals surface area contributed by atoms with Crippen molar-refractivity contribution in [3.05, 3.63) is 48.3 Å². The van der Waals surface area contributed by atoms with Gasteiger partial charge in [0.25, 0.3) is 0 Å². The number of carboxylic acids is 1. The van der Waals surface area contributed by atoms with Crippen LogP contribution < -0.4 is 5.73 Å². The second kappa shape index (κ2) is 5.34. The fraction of sp³-hybridized carbons (Fsp3) is 0.133. The smallest absolute Gasteiger partial charge is 0.320 e. The first-order valence-electron chi connectivity index (χ1n) is 6.42. The molecule has 3 aromatic rings. The van der Waals surface area contributed by atoms with Crippen LogP contribution in [0.25, 0.3) is 22.6 Å². The number of nitrogens with two attached hydrogens (primary N) is 1. The lowest BCUT2D eigenvalue weighted by Crippen LogP contribution is -2.32. The summed E-state index contributed by atoms with van der Waals surface area (Å²) >= 11 is 0. The van der Waals surface area contributed by atoms with Crippen molar-refractivity contribution in [1.82, 2.24) is 9.97 Å². The molecule has 1 atom stereocenters. The van der Waals surface area contributed by atoms with E-state index in [1.807, 2.05) is 12.1 Å². The van der Waals surface area contributed by atoms with Crippen LogP contribution in [0.3, 0.4) is 0 Å². The molecule has 0 fully saturated rings. The van der Waals surface area contributed by atoms with Crippen molar-refractivity contribution >= 4 is 17.1 Å². The van der Waals surface area contributed by atoms with Crippen molar-refractivity contribution in [2.45, 2.75) is 12.5 Å². The first-order chi connectivity index (χ1) is 10.1. The van der Waals surface area contributed by atoms with Gasteiger partial charge in [0, 0.05) is 18.0 Å². The second-order valence-electron chi connectivity index (χ2n) is 4.71. The number of oxazole rings is 1. The minimum absolute atomic E-state index is 0.253. The third-order valence-electron chi connectivity index (χ3n) is 3.15. The lowest BCUT2D eigenvalue weighted by Gasteiger charge is -2.05. The van der Waals surface area contributed by atoms with E-state index in [-0.39, 0.29) is 6.42 Å². The number of aliphatic carboxylic acids is 1. The molecule has 3 rings (SSSR count). The maximum absolute atomic E-state index is 10.8. The Kier molecular flexibility index (Phi) is 3.37. The predicted octanol–water partition coefficient (Wildman–Crippen LogP) is 1.84. The minimum atomic E-state index is -1.02. The Morgan fingerprint density at radius 2 is 2.05 bits per heavy atom. The van der Waals surface area contributed by atoms with Crippen LogP contribution in [0.2, 0.25) is 0 Å². The quantitative estimate of drug-likeness (QED) is 0.757. The van der Waals surface area contributed by atoms with Crippen LogP contribution in [-0.2, 0) is 11.2 Å². The Balaban J connectivity index is 1.94. The van der Waals surface area contributed by atoms with Gasteiger partial charge >= 0.3 is 5.97 Å². The van der Waals surface area contributed by atoms with E-state index in [0.29, 0.717) is 17.0 Å². The van der Waals surface area contributed by atoms with Crippen LogP contribution >= 0.6 is 0 Å². The molecule has 0 saturated heterocycles. The lowest BCUT2D eigenvalue weighted by molar-refractivity contribution is -0.138. The molecule has 0 radical (unpaired) electrons. The number of pyridine rings is 1. The summed E-state index contributed by atoms with van der Waals surface area (Å²) in [5, 5.41) is 8.84.